The zero-order valence-corrected chi connectivity index (χ0v) is 19.2. The molecule has 1 saturated heterocycles. The van der Waals surface area contributed by atoms with E-state index in [4.69, 9.17) is 0 Å². The lowest BCUT2D eigenvalue weighted by atomic mass is 9.85. The number of carbonyl (C=O) groups is 1. The van der Waals surface area contributed by atoms with E-state index in [2.05, 4.69) is 25.0 Å². The molecule has 0 aliphatic carbocycles. The van der Waals surface area contributed by atoms with Crippen molar-refractivity contribution in [3.05, 3.63) is 53.9 Å². The monoisotopic (exact) mass is 513 g/mol. The number of halogens is 6. The molecule has 0 aromatic carbocycles. The lowest BCUT2D eigenvalue weighted by Gasteiger charge is -2.43. The highest BCUT2D eigenvalue weighted by molar-refractivity contribution is 5.98. The first-order chi connectivity index (χ1) is 16.9. The van der Waals surface area contributed by atoms with Crippen molar-refractivity contribution >= 4 is 5.91 Å². The summed E-state index contributed by atoms with van der Waals surface area (Å²) in [6, 6.07) is 0.739. The average Bonchev–Trinajstić information content (AvgIpc) is 3.11. The predicted octanol–water partition coefficient (Wildman–Crippen LogP) is 3.94. The Morgan fingerprint density at radius 2 is 1.78 bits per heavy atom. The van der Waals surface area contributed by atoms with Gasteiger partial charge in [-0.05, 0) is 18.4 Å². The number of alkyl halides is 5. The Morgan fingerprint density at radius 3 is 2.39 bits per heavy atom. The summed E-state index contributed by atoms with van der Waals surface area (Å²) in [6.07, 6.45) is -0.989. The molecule has 1 aliphatic heterocycles. The number of amides is 1. The SMILES string of the molecule is C[C@@H]1CC(F)(F)CN(C(=O)c2nn(C)c(F)c2-c2ncccn2)[C@@H]1CCc1ncc(C(F)(F)F)cn1. The maximum Gasteiger partial charge on any atom is 0.419 e. The van der Waals surface area contributed by atoms with Gasteiger partial charge in [-0.15, -0.1) is 0 Å². The average molecular weight is 513 g/mol. The van der Waals surface area contributed by atoms with Gasteiger partial charge in [-0.1, -0.05) is 6.92 Å². The van der Waals surface area contributed by atoms with Gasteiger partial charge in [0, 0.05) is 50.7 Å². The van der Waals surface area contributed by atoms with Crippen LogP contribution >= 0.6 is 0 Å². The number of aryl methyl sites for hydroxylation is 2. The number of hydrogen-bond acceptors (Lipinski definition) is 6. The van der Waals surface area contributed by atoms with Crippen molar-refractivity contribution in [3.8, 4) is 11.4 Å². The van der Waals surface area contributed by atoms with Crippen LogP contribution in [0.3, 0.4) is 0 Å². The lowest BCUT2D eigenvalue weighted by Crippen LogP contribution is -2.55. The molecule has 0 radical (unpaired) electrons. The molecule has 4 heterocycles. The summed E-state index contributed by atoms with van der Waals surface area (Å²) < 4.78 is 83.0. The van der Waals surface area contributed by atoms with Crippen LogP contribution in [0.4, 0.5) is 26.3 Å². The van der Waals surface area contributed by atoms with Crippen LogP contribution in [0, 0.1) is 11.9 Å². The second kappa shape index (κ2) is 9.47. The first kappa shape index (κ1) is 25.5. The Labute approximate surface area is 201 Å². The maximum absolute atomic E-state index is 14.9. The summed E-state index contributed by atoms with van der Waals surface area (Å²) in [4.78, 5) is 29.8. The molecule has 14 heteroatoms. The molecule has 1 fully saturated rings. The first-order valence-electron chi connectivity index (χ1n) is 10.9. The second-order valence-corrected chi connectivity index (χ2v) is 8.67. The maximum atomic E-state index is 14.9. The van der Waals surface area contributed by atoms with Crippen LogP contribution in [0.2, 0.25) is 0 Å². The number of piperidine rings is 1. The van der Waals surface area contributed by atoms with E-state index in [1.165, 1.54) is 25.5 Å². The summed E-state index contributed by atoms with van der Waals surface area (Å²) in [7, 11) is 1.26. The van der Waals surface area contributed by atoms with Gasteiger partial charge in [0.15, 0.2) is 11.5 Å². The molecule has 0 saturated carbocycles. The van der Waals surface area contributed by atoms with Crippen molar-refractivity contribution in [2.45, 2.75) is 44.3 Å². The molecule has 2 atom stereocenters. The number of rotatable bonds is 5. The van der Waals surface area contributed by atoms with E-state index in [0.29, 0.717) is 12.4 Å². The predicted molar refractivity (Wildman–Crippen MR) is 113 cm³/mol. The van der Waals surface area contributed by atoms with Gasteiger partial charge in [-0.2, -0.15) is 22.7 Å². The summed E-state index contributed by atoms with van der Waals surface area (Å²) in [6.45, 7) is 0.619. The van der Waals surface area contributed by atoms with Gasteiger partial charge in [0.1, 0.15) is 11.4 Å². The van der Waals surface area contributed by atoms with Crippen molar-refractivity contribution in [1.82, 2.24) is 34.6 Å². The van der Waals surface area contributed by atoms with Crippen LogP contribution in [0.15, 0.2) is 30.9 Å². The van der Waals surface area contributed by atoms with Crippen LogP contribution in [-0.2, 0) is 19.6 Å². The molecule has 0 unspecified atom stereocenters. The second-order valence-electron chi connectivity index (χ2n) is 8.67. The van der Waals surface area contributed by atoms with Gasteiger partial charge in [-0.25, -0.2) is 33.4 Å². The van der Waals surface area contributed by atoms with Crippen molar-refractivity contribution in [1.29, 1.82) is 0 Å². The normalized spacial score (nSPS) is 19.9. The molecule has 0 spiro atoms. The van der Waals surface area contributed by atoms with Gasteiger partial charge in [0.25, 0.3) is 11.8 Å². The number of likely N-dealkylation sites (tertiary alicyclic amines) is 1. The van der Waals surface area contributed by atoms with E-state index >= 15 is 0 Å². The van der Waals surface area contributed by atoms with E-state index in [1.54, 1.807) is 6.92 Å². The molecule has 0 bridgehead atoms. The largest absolute Gasteiger partial charge is 0.419 e. The number of carbonyl (C=O) groups excluding carboxylic acids is 1. The first-order valence-corrected chi connectivity index (χ1v) is 10.9. The van der Waals surface area contributed by atoms with Gasteiger partial charge in [0.05, 0.1) is 12.1 Å². The fourth-order valence-corrected chi connectivity index (χ4v) is 4.33. The fourth-order valence-electron chi connectivity index (χ4n) is 4.33. The molecule has 0 N–H and O–H groups in total. The Bertz CT molecular complexity index is 1230. The third-order valence-electron chi connectivity index (χ3n) is 6.01. The Hall–Kier alpha value is -3.58. The van der Waals surface area contributed by atoms with E-state index in [-0.39, 0.29) is 30.1 Å². The summed E-state index contributed by atoms with van der Waals surface area (Å²) in [5, 5.41) is 3.91. The van der Waals surface area contributed by atoms with Gasteiger partial charge in [-0.3, -0.25) is 4.79 Å². The molecule has 36 heavy (non-hydrogen) atoms. The zero-order chi connectivity index (χ0) is 26.3. The Morgan fingerprint density at radius 1 is 1.14 bits per heavy atom. The third kappa shape index (κ3) is 5.16. The summed E-state index contributed by atoms with van der Waals surface area (Å²) >= 11 is 0. The molecular formula is C22H21F6N7O. The van der Waals surface area contributed by atoms with Crippen LogP contribution < -0.4 is 0 Å². The zero-order valence-electron chi connectivity index (χ0n) is 19.2. The quantitative estimate of drug-likeness (QED) is 0.480. The molecule has 1 aliphatic rings. The van der Waals surface area contributed by atoms with Crippen LogP contribution in [0.1, 0.15) is 41.6 Å². The minimum Gasteiger partial charge on any atom is -0.328 e. The summed E-state index contributed by atoms with van der Waals surface area (Å²) in [5.41, 5.74) is -1.74. The van der Waals surface area contributed by atoms with Crippen molar-refractivity contribution < 1.29 is 31.1 Å². The number of nitrogens with zero attached hydrogens (tertiary/aromatic N) is 7. The minimum absolute atomic E-state index is 0.0354. The summed E-state index contributed by atoms with van der Waals surface area (Å²) in [5.74, 6) is -5.78. The topological polar surface area (TPSA) is 89.7 Å². The standard InChI is InChI=1S/C22H21F6N7O/c1-12-8-21(24,25)11-35(14(12)4-5-15-31-9-13(10-32-15)22(26,27)28)20(36)17-16(18(23)34(2)33-17)19-29-6-3-7-30-19/h3,6-7,9-10,12,14H,4-5,8,11H2,1-2H3/t12-,14-/m1/s1. The van der Waals surface area contributed by atoms with Crippen molar-refractivity contribution in [3.63, 3.8) is 0 Å². The molecular weight excluding hydrogens is 492 g/mol. The van der Waals surface area contributed by atoms with E-state index in [9.17, 15) is 31.1 Å². The lowest BCUT2D eigenvalue weighted by molar-refractivity contribution is -0.138. The van der Waals surface area contributed by atoms with E-state index in [1.807, 2.05) is 0 Å². The molecule has 1 amide bonds. The van der Waals surface area contributed by atoms with Gasteiger partial charge in [0.2, 0.25) is 5.95 Å². The van der Waals surface area contributed by atoms with Gasteiger partial charge >= 0.3 is 6.18 Å². The minimum atomic E-state index is -4.59. The van der Waals surface area contributed by atoms with Gasteiger partial charge < -0.3 is 4.90 Å². The highest BCUT2D eigenvalue weighted by Crippen LogP contribution is 2.37. The van der Waals surface area contributed by atoms with Crippen LogP contribution in [-0.4, -0.2) is 59.0 Å². The van der Waals surface area contributed by atoms with Crippen LogP contribution in [0.25, 0.3) is 11.4 Å². The third-order valence-corrected chi connectivity index (χ3v) is 6.01. The van der Waals surface area contributed by atoms with Crippen LogP contribution in [0.5, 0.6) is 0 Å². The molecule has 3 aromatic heterocycles. The highest BCUT2D eigenvalue weighted by atomic mass is 19.4. The molecule has 192 valence electrons. The highest BCUT2D eigenvalue weighted by Gasteiger charge is 2.47. The van der Waals surface area contributed by atoms with Crippen molar-refractivity contribution in [2.24, 2.45) is 13.0 Å². The smallest absolute Gasteiger partial charge is 0.328 e. The molecule has 4 rings (SSSR count). The Balaban J connectivity index is 1.63. The fraction of sp³-hybridized carbons (Fsp3) is 0.455. The van der Waals surface area contributed by atoms with Crippen molar-refractivity contribution in [2.75, 3.05) is 6.54 Å². The van der Waals surface area contributed by atoms with E-state index in [0.717, 1.165) is 9.58 Å². The Kier molecular flexibility index (Phi) is 6.71. The molecule has 8 nitrogen and oxygen atoms in total. The number of hydrogen-bond donors (Lipinski definition) is 0. The number of aromatic nitrogens is 6. The molecule has 3 aromatic rings. The van der Waals surface area contributed by atoms with E-state index < -0.39 is 60.1 Å².